The van der Waals surface area contributed by atoms with Crippen molar-refractivity contribution in [3.63, 3.8) is 0 Å². The zero-order chi connectivity index (χ0) is 19.0. The van der Waals surface area contributed by atoms with Crippen molar-refractivity contribution in [2.24, 2.45) is 0 Å². The lowest BCUT2D eigenvalue weighted by Gasteiger charge is -2.29. The number of hydrogen-bond acceptors (Lipinski definition) is 5. The number of carbonyl (C=O) groups excluding carboxylic acids is 3. The van der Waals surface area contributed by atoms with Crippen molar-refractivity contribution in [3.05, 3.63) is 41.5 Å². The fourth-order valence-electron chi connectivity index (χ4n) is 2.88. The van der Waals surface area contributed by atoms with E-state index < -0.39 is 17.8 Å². The summed E-state index contributed by atoms with van der Waals surface area (Å²) in [7, 11) is 5.74. The third kappa shape index (κ3) is 2.67. The molecular formula is C19H18N2O5. The molecule has 1 aliphatic rings. The van der Waals surface area contributed by atoms with Crippen LogP contribution in [0.15, 0.2) is 35.9 Å². The van der Waals surface area contributed by atoms with Gasteiger partial charge in [0.05, 0.1) is 14.2 Å². The van der Waals surface area contributed by atoms with E-state index in [0.29, 0.717) is 17.1 Å². The van der Waals surface area contributed by atoms with Crippen molar-refractivity contribution in [2.45, 2.75) is 0 Å². The van der Waals surface area contributed by atoms with E-state index in [1.807, 2.05) is 18.2 Å². The SMILES string of the molecule is COc1ccc2ccc(OC)c(C=C3C(=O)N(C)C(=O)N(C)C3=O)c2c1. The molecule has 7 heteroatoms. The molecule has 0 saturated carbocycles. The Balaban J connectivity index is 2.26. The van der Waals surface area contributed by atoms with Gasteiger partial charge in [0.25, 0.3) is 11.8 Å². The van der Waals surface area contributed by atoms with Crippen LogP contribution >= 0.6 is 0 Å². The summed E-state index contributed by atoms with van der Waals surface area (Å²) in [4.78, 5) is 38.7. The van der Waals surface area contributed by atoms with Crippen molar-refractivity contribution in [1.29, 1.82) is 0 Å². The minimum atomic E-state index is -0.663. The molecule has 4 amide bonds. The van der Waals surface area contributed by atoms with Gasteiger partial charge >= 0.3 is 6.03 Å². The summed E-state index contributed by atoms with van der Waals surface area (Å²) in [5.74, 6) is -0.169. The van der Waals surface area contributed by atoms with Gasteiger partial charge < -0.3 is 9.47 Å². The van der Waals surface area contributed by atoms with E-state index in [-0.39, 0.29) is 5.57 Å². The molecule has 0 spiro atoms. The molecule has 2 aromatic rings. The average molecular weight is 354 g/mol. The number of fused-ring (bicyclic) bond motifs is 1. The highest BCUT2D eigenvalue weighted by Crippen LogP contribution is 2.33. The molecule has 1 saturated heterocycles. The normalized spacial score (nSPS) is 14.9. The van der Waals surface area contributed by atoms with E-state index in [9.17, 15) is 14.4 Å². The van der Waals surface area contributed by atoms with Crippen LogP contribution in [-0.2, 0) is 9.59 Å². The van der Waals surface area contributed by atoms with Gasteiger partial charge in [0.15, 0.2) is 0 Å². The average Bonchev–Trinajstić information content (AvgIpc) is 2.67. The number of amides is 4. The lowest BCUT2D eigenvalue weighted by atomic mass is 9.99. The monoisotopic (exact) mass is 354 g/mol. The van der Waals surface area contributed by atoms with E-state index in [4.69, 9.17) is 9.47 Å². The Morgan fingerprint density at radius 1 is 0.885 bits per heavy atom. The van der Waals surface area contributed by atoms with Crippen molar-refractivity contribution in [3.8, 4) is 11.5 Å². The topological polar surface area (TPSA) is 76.2 Å². The molecule has 1 fully saturated rings. The molecule has 0 aliphatic carbocycles. The Kier molecular flexibility index (Phi) is 4.38. The van der Waals surface area contributed by atoms with Gasteiger partial charge in [-0.15, -0.1) is 0 Å². The second-order valence-corrected chi connectivity index (χ2v) is 5.84. The molecule has 0 radical (unpaired) electrons. The Labute approximate surface area is 150 Å². The molecule has 26 heavy (non-hydrogen) atoms. The van der Waals surface area contributed by atoms with Gasteiger partial charge in [0, 0.05) is 19.7 Å². The molecule has 1 heterocycles. The second-order valence-electron chi connectivity index (χ2n) is 5.84. The number of imide groups is 2. The van der Waals surface area contributed by atoms with E-state index in [2.05, 4.69) is 0 Å². The molecule has 7 nitrogen and oxygen atoms in total. The van der Waals surface area contributed by atoms with Crippen LogP contribution in [0.2, 0.25) is 0 Å². The number of ether oxygens (including phenoxy) is 2. The van der Waals surface area contributed by atoms with E-state index in [1.165, 1.54) is 27.3 Å². The highest BCUT2D eigenvalue weighted by Gasteiger charge is 2.38. The van der Waals surface area contributed by atoms with Crippen LogP contribution in [0.1, 0.15) is 5.56 Å². The van der Waals surface area contributed by atoms with E-state index in [0.717, 1.165) is 20.6 Å². The maximum Gasteiger partial charge on any atom is 0.333 e. The van der Waals surface area contributed by atoms with Crippen molar-refractivity contribution in [1.82, 2.24) is 9.80 Å². The van der Waals surface area contributed by atoms with Gasteiger partial charge in [0.1, 0.15) is 17.1 Å². The molecule has 0 bridgehead atoms. The molecule has 0 N–H and O–H groups in total. The Hall–Kier alpha value is -3.35. The minimum Gasteiger partial charge on any atom is -0.497 e. The largest absolute Gasteiger partial charge is 0.497 e. The molecule has 134 valence electrons. The van der Waals surface area contributed by atoms with Crippen LogP contribution in [0.25, 0.3) is 16.8 Å². The summed E-state index contributed by atoms with van der Waals surface area (Å²) in [6.45, 7) is 0. The fourth-order valence-corrected chi connectivity index (χ4v) is 2.88. The number of carbonyl (C=O) groups is 3. The number of urea groups is 1. The van der Waals surface area contributed by atoms with Crippen LogP contribution in [0.3, 0.4) is 0 Å². The van der Waals surface area contributed by atoms with Crippen LogP contribution in [0.5, 0.6) is 11.5 Å². The van der Waals surface area contributed by atoms with Crippen LogP contribution in [0.4, 0.5) is 4.79 Å². The molecule has 3 rings (SSSR count). The maximum absolute atomic E-state index is 12.5. The van der Waals surface area contributed by atoms with Crippen molar-refractivity contribution >= 4 is 34.7 Å². The summed E-state index contributed by atoms with van der Waals surface area (Å²) in [5.41, 5.74) is 0.458. The quantitative estimate of drug-likeness (QED) is 0.624. The predicted molar refractivity (Wildman–Crippen MR) is 96.0 cm³/mol. The van der Waals surface area contributed by atoms with Gasteiger partial charge in [-0.2, -0.15) is 0 Å². The summed E-state index contributed by atoms with van der Waals surface area (Å²) >= 11 is 0. The lowest BCUT2D eigenvalue weighted by molar-refractivity contribution is -0.134. The van der Waals surface area contributed by atoms with Gasteiger partial charge in [-0.3, -0.25) is 19.4 Å². The van der Waals surface area contributed by atoms with Gasteiger partial charge in [-0.05, 0) is 35.0 Å². The molecule has 2 aromatic carbocycles. The second kappa shape index (κ2) is 6.51. The van der Waals surface area contributed by atoms with Gasteiger partial charge in [-0.1, -0.05) is 12.1 Å². The standard InChI is InChI=1S/C19H18N2O5/c1-20-17(22)15(18(23)21(2)19(20)24)10-14-13-9-12(25-3)7-5-11(13)6-8-16(14)26-4/h5-10H,1-4H3. The summed E-state index contributed by atoms with van der Waals surface area (Å²) in [5, 5.41) is 1.66. The molecule has 0 aromatic heterocycles. The maximum atomic E-state index is 12.5. The van der Waals surface area contributed by atoms with Crippen LogP contribution in [-0.4, -0.2) is 56.0 Å². The van der Waals surface area contributed by atoms with Crippen molar-refractivity contribution in [2.75, 3.05) is 28.3 Å². The number of hydrogen-bond donors (Lipinski definition) is 0. The smallest absolute Gasteiger partial charge is 0.333 e. The fraction of sp³-hybridized carbons (Fsp3) is 0.211. The first-order valence-corrected chi connectivity index (χ1v) is 7.85. The van der Waals surface area contributed by atoms with Crippen molar-refractivity contribution < 1.29 is 23.9 Å². The van der Waals surface area contributed by atoms with Gasteiger partial charge in [0.2, 0.25) is 0 Å². The third-order valence-corrected chi connectivity index (χ3v) is 4.38. The van der Waals surface area contributed by atoms with Gasteiger partial charge in [-0.25, -0.2) is 4.79 Å². The summed E-state index contributed by atoms with van der Waals surface area (Å²) < 4.78 is 10.7. The first-order valence-electron chi connectivity index (χ1n) is 7.85. The highest BCUT2D eigenvalue weighted by atomic mass is 16.5. The molecule has 0 atom stereocenters. The number of benzene rings is 2. The summed E-state index contributed by atoms with van der Waals surface area (Å²) in [6, 6.07) is 8.48. The van der Waals surface area contributed by atoms with Crippen LogP contribution in [0, 0.1) is 0 Å². The Morgan fingerprint density at radius 2 is 1.50 bits per heavy atom. The molecular weight excluding hydrogens is 336 g/mol. The lowest BCUT2D eigenvalue weighted by Crippen LogP contribution is -2.52. The minimum absolute atomic E-state index is 0.108. The summed E-state index contributed by atoms with van der Waals surface area (Å²) in [6.07, 6.45) is 1.46. The Morgan fingerprint density at radius 3 is 2.08 bits per heavy atom. The zero-order valence-electron chi connectivity index (χ0n) is 14.9. The highest BCUT2D eigenvalue weighted by molar-refractivity contribution is 6.31. The number of barbiturate groups is 1. The van der Waals surface area contributed by atoms with Crippen LogP contribution < -0.4 is 9.47 Å². The zero-order valence-corrected chi connectivity index (χ0v) is 14.9. The first kappa shape index (κ1) is 17.5. The third-order valence-electron chi connectivity index (χ3n) is 4.38. The first-order chi connectivity index (χ1) is 12.4. The van der Waals surface area contributed by atoms with E-state index >= 15 is 0 Å². The number of methoxy groups -OCH3 is 2. The van der Waals surface area contributed by atoms with E-state index in [1.54, 1.807) is 19.2 Å². The Bertz CT molecular complexity index is 933. The number of rotatable bonds is 3. The number of likely N-dealkylation sites (N-methyl/N-ethyl adjacent to an activating group) is 2. The molecule has 1 aliphatic heterocycles. The predicted octanol–water partition coefficient (Wildman–Crippen LogP) is 2.29. The molecule has 0 unspecified atom stereocenters. The number of nitrogens with zero attached hydrogens (tertiary/aromatic N) is 2.